The lowest BCUT2D eigenvalue weighted by Gasteiger charge is -2.29. The summed E-state index contributed by atoms with van der Waals surface area (Å²) in [6.45, 7) is 6.15. The number of carbonyl (C=O) groups is 1. The molecule has 1 amide bonds. The highest BCUT2D eigenvalue weighted by molar-refractivity contribution is 5.81. The summed E-state index contributed by atoms with van der Waals surface area (Å²) in [6, 6.07) is 14.8. The molecular formula is C26H34N2O2. The van der Waals surface area contributed by atoms with E-state index in [1.54, 1.807) is 0 Å². The average molecular weight is 407 g/mol. The summed E-state index contributed by atoms with van der Waals surface area (Å²) in [5, 5.41) is 3.12. The van der Waals surface area contributed by atoms with Gasteiger partial charge in [-0.05, 0) is 93.7 Å². The minimum atomic E-state index is -0.520. The maximum atomic E-state index is 12.8. The largest absolute Gasteiger partial charge is 0.481 e. The molecule has 4 heteroatoms. The number of rotatable bonds is 6. The van der Waals surface area contributed by atoms with E-state index in [9.17, 15) is 4.79 Å². The molecule has 2 aromatic rings. The minimum absolute atomic E-state index is 0.0522. The van der Waals surface area contributed by atoms with Crippen molar-refractivity contribution in [3.63, 3.8) is 0 Å². The second kappa shape index (κ2) is 9.55. The van der Waals surface area contributed by atoms with E-state index in [0.29, 0.717) is 0 Å². The number of nitrogens with one attached hydrogen (secondary N) is 1. The average Bonchev–Trinajstić information content (AvgIpc) is 2.80. The molecule has 0 spiro atoms. The highest BCUT2D eigenvalue weighted by Crippen LogP contribution is 2.30. The molecule has 1 aliphatic heterocycles. The molecular weight excluding hydrogens is 372 g/mol. The summed E-state index contributed by atoms with van der Waals surface area (Å²) in [5.74, 6) is 0.796. The Bertz CT molecular complexity index is 856. The van der Waals surface area contributed by atoms with Gasteiger partial charge in [0, 0.05) is 18.8 Å². The molecule has 0 radical (unpaired) electrons. The Morgan fingerprint density at radius 2 is 1.67 bits per heavy atom. The van der Waals surface area contributed by atoms with Gasteiger partial charge in [-0.2, -0.15) is 0 Å². The number of ether oxygens (including phenoxy) is 1. The molecule has 4 rings (SSSR count). The number of fused-ring (bicyclic) bond motifs is 1. The molecule has 0 saturated carbocycles. The van der Waals surface area contributed by atoms with Crippen LogP contribution in [-0.4, -0.2) is 25.1 Å². The highest BCUT2D eigenvalue weighted by atomic mass is 16.5. The lowest BCUT2D eigenvalue weighted by Crippen LogP contribution is -2.38. The number of aryl methyl sites for hydroxylation is 1. The number of piperidine rings is 1. The number of hydrogen-bond donors (Lipinski definition) is 1. The minimum Gasteiger partial charge on any atom is -0.481 e. The number of benzene rings is 2. The smallest absolute Gasteiger partial charge is 0.261 e. The van der Waals surface area contributed by atoms with Crippen LogP contribution in [0.4, 0.5) is 5.69 Å². The van der Waals surface area contributed by atoms with Gasteiger partial charge in [-0.1, -0.05) is 24.3 Å². The standard InChI is InChI=1S/C26H34N2O2/c1-19(21-13-15-23(16-14-21)28-17-6-3-7-18-28)27-26(29)20(2)30-25-12-8-10-22-9-4-5-11-24(22)25/h8,10,12-16,19-20H,3-7,9,11,17-18H2,1-2H3,(H,27,29)/t19-,20+/m0/s1. The van der Waals surface area contributed by atoms with E-state index in [-0.39, 0.29) is 11.9 Å². The number of anilines is 1. The lowest BCUT2D eigenvalue weighted by atomic mass is 9.91. The number of amides is 1. The summed E-state index contributed by atoms with van der Waals surface area (Å²) >= 11 is 0. The first-order chi connectivity index (χ1) is 14.6. The van der Waals surface area contributed by atoms with Crippen molar-refractivity contribution in [3.05, 3.63) is 59.2 Å². The molecule has 2 aliphatic rings. The third-order valence-corrected chi connectivity index (χ3v) is 6.50. The molecule has 1 heterocycles. The molecule has 4 nitrogen and oxygen atoms in total. The molecule has 1 fully saturated rings. The van der Waals surface area contributed by atoms with Crippen LogP contribution in [0, 0.1) is 0 Å². The predicted molar refractivity (Wildman–Crippen MR) is 122 cm³/mol. The van der Waals surface area contributed by atoms with Gasteiger partial charge >= 0.3 is 0 Å². The van der Waals surface area contributed by atoms with Crippen LogP contribution < -0.4 is 15.0 Å². The zero-order valence-corrected chi connectivity index (χ0v) is 18.3. The van der Waals surface area contributed by atoms with Crippen molar-refractivity contribution in [2.75, 3.05) is 18.0 Å². The Morgan fingerprint density at radius 1 is 0.933 bits per heavy atom. The fourth-order valence-corrected chi connectivity index (χ4v) is 4.64. The molecule has 2 aromatic carbocycles. The van der Waals surface area contributed by atoms with E-state index in [2.05, 4.69) is 40.5 Å². The third-order valence-electron chi connectivity index (χ3n) is 6.50. The molecule has 1 N–H and O–H groups in total. The van der Waals surface area contributed by atoms with Crippen molar-refractivity contribution in [3.8, 4) is 5.75 Å². The normalized spacial score (nSPS) is 18.3. The predicted octanol–water partition coefficient (Wildman–Crippen LogP) is 5.20. The fourth-order valence-electron chi connectivity index (χ4n) is 4.64. The Balaban J connectivity index is 1.35. The highest BCUT2D eigenvalue weighted by Gasteiger charge is 2.21. The Kier molecular flexibility index (Phi) is 6.61. The van der Waals surface area contributed by atoms with Crippen LogP contribution in [0.15, 0.2) is 42.5 Å². The van der Waals surface area contributed by atoms with Crippen LogP contribution in [-0.2, 0) is 17.6 Å². The van der Waals surface area contributed by atoms with Gasteiger partial charge in [0.25, 0.3) is 5.91 Å². The van der Waals surface area contributed by atoms with E-state index >= 15 is 0 Å². The van der Waals surface area contributed by atoms with Crippen LogP contribution in [0.25, 0.3) is 0 Å². The van der Waals surface area contributed by atoms with E-state index in [0.717, 1.165) is 37.2 Å². The number of nitrogens with zero attached hydrogens (tertiary/aromatic N) is 1. The molecule has 1 aliphatic carbocycles. The Morgan fingerprint density at radius 3 is 2.43 bits per heavy atom. The SMILES string of the molecule is C[C@H](NC(=O)[C@@H](C)Oc1cccc2c1CCCC2)c1ccc(N2CCCCC2)cc1. The summed E-state index contributed by atoms with van der Waals surface area (Å²) in [4.78, 5) is 15.2. The number of hydrogen-bond acceptors (Lipinski definition) is 3. The maximum Gasteiger partial charge on any atom is 0.261 e. The van der Waals surface area contributed by atoms with Crippen LogP contribution in [0.3, 0.4) is 0 Å². The van der Waals surface area contributed by atoms with E-state index in [4.69, 9.17) is 4.74 Å². The van der Waals surface area contributed by atoms with Crippen LogP contribution >= 0.6 is 0 Å². The molecule has 160 valence electrons. The van der Waals surface area contributed by atoms with Gasteiger partial charge in [0.1, 0.15) is 5.75 Å². The molecule has 0 unspecified atom stereocenters. The van der Waals surface area contributed by atoms with Crippen molar-refractivity contribution >= 4 is 11.6 Å². The van der Waals surface area contributed by atoms with Crippen LogP contribution in [0.1, 0.15) is 68.7 Å². The van der Waals surface area contributed by atoms with E-state index in [1.807, 2.05) is 26.0 Å². The zero-order valence-electron chi connectivity index (χ0n) is 18.3. The summed E-state index contributed by atoms with van der Waals surface area (Å²) in [6.07, 6.45) is 7.95. The van der Waals surface area contributed by atoms with Crippen molar-refractivity contribution < 1.29 is 9.53 Å². The fraction of sp³-hybridized carbons (Fsp3) is 0.500. The van der Waals surface area contributed by atoms with Gasteiger partial charge in [0.05, 0.1) is 6.04 Å². The van der Waals surface area contributed by atoms with Crippen molar-refractivity contribution in [1.82, 2.24) is 5.32 Å². The van der Waals surface area contributed by atoms with Gasteiger partial charge in [-0.15, -0.1) is 0 Å². The third kappa shape index (κ3) is 4.80. The summed E-state index contributed by atoms with van der Waals surface area (Å²) in [5.41, 5.74) is 5.05. The first-order valence-corrected chi connectivity index (χ1v) is 11.5. The van der Waals surface area contributed by atoms with Gasteiger partial charge in [0.15, 0.2) is 6.10 Å². The Hall–Kier alpha value is -2.49. The molecule has 0 bridgehead atoms. The van der Waals surface area contributed by atoms with Crippen molar-refractivity contribution in [2.24, 2.45) is 0 Å². The zero-order chi connectivity index (χ0) is 20.9. The summed E-state index contributed by atoms with van der Waals surface area (Å²) in [7, 11) is 0. The monoisotopic (exact) mass is 406 g/mol. The molecule has 1 saturated heterocycles. The van der Waals surface area contributed by atoms with Gasteiger partial charge < -0.3 is 15.0 Å². The molecule has 30 heavy (non-hydrogen) atoms. The first kappa shape index (κ1) is 20.8. The number of carbonyl (C=O) groups excluding carboxylic acids is 1. The van der Waals surface area contributed by atoms with Crippen molar-refractivity contribution in [2.45, 2.75) is 70.9 Å². The van der Waals surface area contributed by atoms with Crippen molar-refractivity contribution in [1.29, 1.82) is 0 Å². The second-order valence-electron chi connectivity index (χ2n) is 8.73. The lowest BCUT2D eigenvalue weighted by molar-refractivity contribution is -0.127. The second-order valence-corrected chi connectivity index (χ2v) is 8.73. The first-order valence-electron chi connectivity index (χ1n) is 11.5. The topological polar surface area (TPSA) is 41.6 Å². The maximum absolute atomic E-state index is 12.8. The van der Waals surface area contributed by atoms with Crippen LogP contribution in [0.2, 0.25) is 0 Å². The van der Waals surface area contributed by atoms with Gasteiger partial charge in [-0.25, -0.2) is 0 Å². The molecule has 0 aromatic heterocycles. The van der Waals surface area contributed by atoms with Gasteiger partial charge in [0.2, 0.25) is 0 Å². The van der Waals surface area contributed by atoms with Gasteiger partial charge in [-0.3, -0.25) is 4.79 Å². The Labute approximate surface area is 180 Å². The summed E-state index contributed by atoms with van der Waals surface area (Å²) < 4.78 is 6.09. The van der Waals surface area contributed by atoms with E-state index in [1.165, 1.54) is 48.9 Å². The van der Waals surface area contributed by atoms with Crippen LogP contribution in [0.5, 0.6) is 5.75 Å². The van der Waals surface area contributed by atoms with E-state index < -0.39 is 6.10 Å². The quantitative estimate of drug-likeness (QED) is 0.717. The molecule has 2 atom stereocenters.